The summed E-state index contributed by atoms with van der Waals surface area (Å²) in [5.41, 5.74) is 0.371. The molecule has 1 rings (SSSR count). The molecule has 1 aromatic rings. The number of halogens is 1. The van der Waals surface area contributed by atoms with Crippen molar-refractivity contribution in [2.45, 2.75) is 71.1 Å². The van der Waals surface area contributed by atoms with Gasteiger partial charge in [-0.3, -0.25) is 14.4 Å². The SMILES string of the molecule is CCCCCCCCCCCCNC(=O)c1ccc(Cl)c(NC(=O)C(C#N)C(=O)O)c1. The van der Waals surface area contributed by atoms with E-state index in [4.69, 9.17) is 22.0 Å². The fourth-order valence-electron chi connectivity index (χ4n) is 3.11. The Kier molecular flexibility index (Phi) is 13.0. The van der Waals surface area contributed by atoms with E-state index in [0.29, 0.717) is 6.54 Å². The zero-order valence-electron chi connectivity index (χ0n) is 18.1. The second-order valence-electron chi connectivity index (χ2n) is 7.52. The third-order valence-corrected chi connectivity index (χ3v) is 5.27. The zero-order valence-corrected chi connectivity index (χ0v) is 18.8. The Morgan fingerprint density at radius 2 is 1.61 bits per heavy atom. The van der Waals surface area contributed by atoms with E-state index in [2.05, 4.69) is 17.6 Å². The van der Waals surface area contributed by atoms with Crippen molar-refractivity contribution in [3.05, 3.63) is 28.8 Å². The Bertz CT molecular complexity index is 777. The fraction of sp³-hybridized carbons (Fsp3) is 0.565. The van der Waals surface area contributed by atoms with E-state index in [0.717, 1.165) is 19.3 Å². The number of amides is 2. The number of carbonyl (C=O) groups is 3. The minimum absolute atomic E-state index is 0.0831. The summed E-state index contributed by atoms with van der Waals surface area (Å²) in [6, 6.07) is 5.73. The topological polar surface area (TPSA) is 119 Å². The maximum atomic E-state index is 12.3. The quantitative estimate of drug-likeness (QED) is 0.252. The predicted octanol–water partition coefficient (Wildman–Crippen LogP) is 5.15. The van der Waals surface area contributed by atoms with E-state index in [1.165, 1.54) is 69.2 Å². The number of nitrogens with one attached hydrogen (secondary N) is 2. The number of carbonyl (C=O) groups excluding carboxylic acids is 2. The molecule has 1 atom stereocenters. The molecule has 170 valence electrons. The van der Waals surface area contributed by atoms with Crippen molar-refractivity contribution in [1.29, 1.82) is 5.26 Å². The molecule has 0 saturated heterocycles. The highest BCUT2D eigenvalue weighted by Gasteiger charge is 2.26. The van der Waals surface area contributed by atoms with Gasteiger partial charge < -0.3 is 15.7 Å². The van der Waals surface area contributed by atoms with Gasteiger partial charge in [0.1, 0.15) is 0 Å². The van der Waals surface area contributed by atoms with Crippen molar-refractivity contribution < 1.29 is 19.5 Å². The van der Waals surface area contributed by atoms with Crippen LogP contribution in [-0.4, -0.2) is 29.4 Å². The van der Waals surface area contributed by atoms with E-state index >= 15 is 0 Å². The molecule has 2 amide bonds. The Morgan fingerprint density at radius 3 is 2.16 bits per heavy atom. The third-order valence-electron chi connectivity index (χ3n) is 4.94. The first-order valence-corrected chi connectivity index (χ1v) is 11.3. The molecule has 0 bridgehead atoms. The number of unbranched alkanes of at least 4 members (excludes halogenated alkanes) is 9. The fourth-order valence-corrected chi connectivity index (χ4v) is 3.27. The van der Waals surface area contributed by atoms with Gasteiger partial charge in [0.2, 0.25) is 5.92 Å². The van der Waals surface area contributed by atoms with Crippen LogP contribution in [0.4, 0.5) is 5.69 Å². The molecule has 0 saturated carbocycles. The van der Waals surface area contributed by atoms with Crippen molar-refractivity contribution in [2.24, 2.45) is 5.92 Å². The molecule has 7 nitrogen and oxygen atoms in total. The van der Waals surface area contributed by atoms with Crippen LogP contribution in [0.5, 0.6) is 0 Å². The van der Waals surface area contributed by atoms with Gasteiger partial charge in [-0.15, -0.1) is 0 Å². The minimum Gasteiger partial charge on any atom is -0.480 e. The monoisotopic (exact) mass is 449 g/mol. The molecule has 0 aromatic heterocycles. The number of nitriles is 1. The van der Waals surface area contributed by atoms with E-state index in [9.17, 15) is 14.4 Å². The van der Waals surface area contributed by atoms with Crippen molar-refractivity contribution in [3.8, 4) is 6.07 Å². The van der Waals surface area contributed by atoms with Gasteiger partial charge in [-0.25, -0.2) is 0 Å². The molecule has 0 radical (unpaired) electrons. The van der Waals surface area contributed by atoms with E-state index in [1.807, 2.05) is 0 Å². The molecule has 0 aliphatic rings. The maximum Gasteiger partial charge on any atom is 0.330 e. The molecule has 0 spiro atoms. The van der Waals surface area contributed by atoms with E-state index < -0.39 is 17.8 Å². The van der Waals surface area contributed by atoms with Gasteiger partial charge in [0, 0.05) is 12.1 Å². The van der Waals surface area contributed by atoms with Crippen LogP contribution in [0.1, 0.15) is 81.5 Å². The van der Waals surface area contributed by atoms with Gasteiger partial charge in [-0.05, 0) is 24.6 Å². The van der Waals surface area contributed by atoms with Crippen LogP contribution in [0.25, 0.3) is 0 Å². The number of rotatable bonds is 15. The van der Waals surface area contributed by atoms with E-state index in [1.54, 1.807) is 0 Å². The number of anilines is 1. The smallest absolute Gasteiger partial charge is 0.330 e. The summed E-state index contributed by atoms with van der Waals surface area (Å²) in [5, 5.41) is 23.0. The molecule has 0 aliphatic carbocycles. The Labute approximate surface area is 189 Å². The first-order chi connectivity index (χ1) is 14.9. The van der Waals surface area contributed by atoms with Gasteiger partial charge in [-0.1, -0.05) is 76.3 Å². The summed E-state index contributed by atoms with van der Waals surface area (Å²) in [7, 11) is 0. The molecule has 0 aliphatic heterocycles. The lowest BCUT2D eigenvalue weighted by Gasteiger charge is -2.11. The zero-order chi connectivity index (χ0) is 23.1. The highest BCUT2D eigenvalue weighted by atomic mass is 35.5. The average Bonchev–Trinajstić information content (AvgIpc) is 2.73. The van der Waals surface area contributed by atoms with E-state index in [-0.39, 0.29) is 22.2 Å². The van der Waals surface area contributed by atoms with Crippen LogP contribution in [0.3, 0.4) is 0 Å². The second kappa shape index (κ2) is 15.2. The van der Waals surface area contributed by atoms with Crippen LogP contribution in [0.2, 0.25) is 5.02 Å². The largest absolute Gasteiger partial charge is 0.480 e. The standard InChI is InChI=1S/C23H32ClN3O4/c1-2-3-4-5-6-7-8-9-10-11-14-26-21(28)17-12-13-19(24)20(15-17)27-22(29)18(16-25)23(30)31/h12-13,15,18H,2-11,14H2,1H3,(H,26,28)(H,27,29)(H,30,31). The number of benzene rings is 1. The van der Waals surface area contributed by atoms with Gasteiger partial charge in [-0.2, -0.15) is 5.26 Å². The molecule has 1 aromatic carbocycles. The van der Waals surface area contributed by atoms with Gasteiger partial charge in [0.15, 0.2) is 0 Å². The van der Waals surface area contributed by atoms with Gasteiger partial charge in [0.25, 0.3) is 11.8 Å². The van der Waals surface area contributed by atoms with Crippen LogP contribution < -0.4 is 10.6 Å². The lowest BCUT2D eigenvalue weighted by atomic mass is 10.1. The Balaban J connectivity index is 2.37. The molecular weight excluding hydrogens is 418 g/mol. The molecule has 3 N–H and O–H groups in total. The lowest BCUT2D eigenvalue weighted by Crippen LogP contribution is -2.28. The van der Waals surface area contributed by atoms with Crippen molar-refractivity contribution in [1.82, 2.24) is 5.32 Å². The summed E-state index contributed by atoms with van der Waals surface area (Å²) in [4.78, 5) is 35.2. The molecule has 1 unspecified atom stereocenters. The Morgan fingerprint density at radius 1 is 1.03 bits per heavy atom. The number of hydrogen-bond acceptors (Lipinski definition) is 4. The lowest BCUT2D eigenvalue weighted by molar-refractivity contribution is -0.143. The summed E-state index contributed by atoms with van der Waals surface area (Å²) < 4.78 is 0. The minimum atomic E-state index is -1.86. The molecule has 31 heavy (non-hydrogen) atoms. The second-order valence-corrected chi connectivity index (χ2v) is 7.93. The molecule has 0 fully saturated rings. The summed E-state index contributed by atoms with van der Waals surface area (Å²) in [6.07, 6.45) is 12.1. The molecular formula is C23H32ClN3O4. The molecule has 8 heteroatoms. The maximum absolute atomic E-state index is 12.3. The summed E-state index contributed by atoms with van der Waals surface area (Å²) in [5.74, 6) is -4.73. The first-order valence-electron chi connectivity index (χ1n) is 10.9. The number of nitrogens with zero attached hydrogens (tertiary/aromatic N) is 1. The average molecular weight is 450 g/mol. The number of aliphatic carboxylic acids is 1. The Hall–Kier alpha value is -2.59. The summed E-state index contributed by atoms with van der Waals surface area (Å²) in [6.45, 7) is 2.77. The highest BCUT2D eigenvalue weighted by molar-refractivity contribution is 6.34. The predicted molar refractivity (Wildman–Crippen MR) is 121 cm³/mol. The van der Waals surface area contributed by atoms with Crippen molar-refractivity contribution in [2.75, 3.05) is 11.9 Å². The van der Waals surface area contributed by atoms with Crippen LogP contribution in [0, 0.1) is 17.2 Å². The van der Waals surface area contributed by atoms with Crippen LogP contribution in [0.15, 0.2) is 18.2 Å². The van der Waals surface area contributed by atoms with Crippen LogP contribution in [-0.2, 0) is 9.59 Å². The van der Waals surface area contributed by atoms with Crippen molar-refractivity contribution in [3.63, 3.8) is 0 Å². The van der Waals surface area contributed by atoms with Crippen LogP contribution >= 0.6 is 11.6 Å². The number of carboxylic acid groups (broad SMARTS) is 1. The number of hydrogen-bond donors (Lipinski definition) is 3. The van der Waals surface area contributed by atoms with Gasteiger partial charge >= 0.3 is 5.97 Å². The highest BCUT2D eigenvalue weighted by Crippen LogP contribution is 2.24. The normalized spacial score (nSPS) is 11.4. The van der Waals surface area contributed by atoms with Gasteiger partial charge in [0.05, 0.1) is 16.8 Å². The third kappa shape index (κ3) is 10.3. The molecule has 0 heterocycles. The number of carboxylic acids is 1. The van der Waals surface area contributed by atoms with Crippen molar-refractivity contribution >= 4 is 35.1 Å². The first kappa shape index (κ1) is 26.4. The summed E-state index contributed by atoms with van der Waals surface area (Å²) >= 11 is 6.02.